The van der Waals surface area contributed by atoms with Gasteiger partial charge in [-0.2, -0.15) is 0 Å². The van der Waals surface area contributed by atoms with Crippen LogP contribution in [0.15, 0.2) is 40.8 Å². The first-order chi connectivity index (χ1) is 18.2. The van der Waals surface area contributed by atoms with Crippen molar-refractivity contribution in [2.75, 3.05) is 10.6 Å². The number of carbonyl (C=O) groups is 2. The van der Waals surface area contributed by atoms with E-state index in [0.29, 0.717) is 23.7 Å². The molecule has 2 aromatic carbocycles. The number of hydrogen-bond acceptors (Lipinski definition) is 6. The number of aromatic nitrogens is 2. The molecule has 1 aliphatic rings. The molecule has 0 unspecified atom stereocenters. The molecule has 1 aliphatic carbocycles. The van der Waals surface area contributed by atoms with Gasteiger partial charge in [-0.25, -0.2) is 13.2 Å². The molecule has 3 aromatic rings. The second kappa shape index (κ2) is 14.7. The van der Waals surface area contributed by atoms with Gasteiger partial charge in [0.1, 0.15) is 5.82 Å². The van der Waals surface area contributed by atoms with Crippen molar-refractivity contribution >= 4 is 29.8 Å². The summed E-state index contributed by atoms with van der Waals surface area (Å²) in [5.41, 5.74) is 1.43. The van der Waals surface area contributed by atoms with E-state index in [4.69, 9.17) is 14.3 Å². The number of anilines is 3. The maximum absolute atomic E-state index is 13.8. The molecule has 38 heavy (non-hydrogen) atoms. The van der Waals surface area contributed by atoms with Gasteiger partial charge in [-0.3, -0.25) is 9.59 Å². The Bertz CT molecular complexity index is 1180. The highest BCUT2D eigenvalue weighted by Gasteiger charge is 2.24. The third-order valence-corrected chi connectivity index (χ3v) is 6.23. The second-order valence-electron chi connectivity index (χ2n) is 8.82. The molecule has 1 fully saturated rings. The number of hydrogen-bond donors (Lipinski definition) is 3. The van der Waals surface area contributed by atoms with E-state index in [9.17, 15) is 18.0 Å². The lowest BCUT2D eigenvalue weighted by Crippen LogP contribution is -2.17. The van der Waals surface area contributed by atoms with Gasteiger partial charge in [0, 0.05) is 17.8 Å². The molecule has 4 rings (SSSR count). The fourth-order valence-electron chi connectivity index (χ4n) is 4.24. The lowest BCUT2D eigenvalue weighted by Gasteiger charge is -2.31. The van der Waals surface area contributed by atoms with Crippen LogP contribution in [0.4, 0.5) is 30.6 Å². The first-order valence-electron chi connectivity index (χ1n) is 12.5. The average Bonchev–Trinajstić information content (AvgIpc) is 3.38. The van der Waals surface area contributed by atoms with Crippen molar-refractivity contribution < 1.29 is 32.3 Å². The van der Waals surface area contributed by atoms with Gasteiger partial charge < -0.3 is 20.2 Å². The van der Waals surface area contributed by atoms with E-state index in [1.165, 1.54) is 31.2 Å². The van der Waals surface area contributed by atoms with Crippen molar-refractivity contribution in [1.82, 2.24) is 10.2 Å². The van der Waals surface area contributed by atoms with Crippen LogP contribution >= 0.6 is 0 Å². The number of rotatable bonds is 6. The summed E-state index contributed by atoms with van der Waals surface area (Å²) in [7, 11) is 0. The standard InChI is InChI=1S/C24H25F3N4O2.C2H6.CH2O2/c1-13(2)14-3-5-15(6-4-14)16-7-9-17(10-8-16)28-22(32)23-30-31-24(33-23)29-21-12-19(26)18(25)11-20(21)27;1-2;2-1-3/h7-15H,3-6H2,1-2H3,(H,28,32)(H,29,31);1-2H3;1H,(H,2,3). The molecule has 8 nitrogen and oxygen atoms in total. The first-order valence-corrected chi connectivity index (χ1v) is 12.5. The molecule has 206 valence electrons. The third-order valence-electron chi connectivity index (χ3n) is 6.23. The normalized spacial score (nSPS) is 16.4. The van der Waals surface area contributed by atoms with E-state index in [2.05, 4.69) is 34.7 Å². The quantitative estimate of drug-likeness (QED) is 0.227. The fraction of sp³-hybridized carbons (Fsp3) is 0.407. The lowest BCUT2D eigenvalue weighted by molar-refractivity contribution is -0.122. The Morgan fingerprint density at radius 3 is 2.16 bits per heavy atom. The lowest BCUT2D eigenvalue weighted by atomic mass is 9.75. The van der Waals surface area contributed by atoms with Crippen LogP contribution in [0.1, 0.15) is 75.5 Å². The van der Waals surface area contributed by atoms with Gasteiger partial charge in [-0.05, 0) is 61.1 Å². The predicted molar refractivity (Wildman–Crippen MR) is 138 cm³/mol. The van der Waals surface area contributed by atoms with Crippen LogP contribution in [0, 0.1) is 29.3 Å². The molecule has 0 saturated heterocycles. The van der Waals surface area contributed by atoms with Gasteiger partial charge in [0.15, 0.2) is 11.6 Å². The van der Waals surface area contributed by atoms with Gasteiger partial charge in [0.2, 0.25) is 0 Å². The molecule has 0 spiro atoms. The highest BCUT2D eigenvalue weighted by Crippen LogP contribution is 2.38. The molecule has 1 aromatic heterocycles. The summed E-state index contributed by atoms with van der Waals surface area (Å²) in [6.07, 6.45) is 4.82. The first kappa shape index (κ1) is 30.3. The number of amides is 1. The van der Waals surface area contributed by atoms with Crippen LogP contribution in [0.25, 0.3) is 0 Å². The van der Waals surface area contributed by atoms with E-state index in [1.807, 2.05) is 38.1 Å². The zero-order valence-electron chi connectivity index (χ0n) is 21.8. The molecular weight excluding hydrogens is 501 g/mol. The van der Waals surface area contributed by atoms with Crippen LogP contribution < -0.4 is 10.6 Å². The summed E-state index contributed by atoms with van der Waals surface area (Å²) in [5.74, 6) is -2.57. The summed E-state index contributed by atoms with van der Waals surface area (Å²) < 4.78 is 45.3. The summed E-state index contributed by atoms with van der Waals surface area (Å²) in [5, 5.41) is 19.1. The van der Waals surface area contributed by atoms with Crippen LogP contribution in [-0.4, -0.2) is 27.7 Å². The minimum absolute atomic E-state index is 0.250. The summed E-state index contributed by atoms with van der Waals surface area (Å²) in [4.78, 5) is 20.8. The van der Waals surface area contributed by atoms with Crippen LogP contribution in [-0.2, 0) is 4.79 Å². The maximum Gasteiger partial charge on any atom is 0.320 e. The molecular formula is C27H33F3N4O4. The molecule has 1 amide bonds. The molecule has 0 aliphatic heterocycles. The van der Waals surface area contributed by atoms with Gasteiger partial charge in [-0.1, -0.05) is 44.9 Å². The van der Waals surface area contributed by atoms with Gasteiger partial charge in [0.25, 0.3) is 6.47 Å². The number of carbonyl (C=O) groups excluding carboxylic acids is 1. The summed E-state index contributed by atoms with van der Waals surface area (Å²) in [6, 6.07) is 8.36. The van der Waals surface area contributed by atoms with Crippen molar-refractivity contribution in [3.8, 4) is 0 Å². The van der Waals surface area contributed by atoms with Crippen molar-refractivity contribution in [2.24, 2.45) is 11.8 Å². The van der Waals surface area contributed by atoms with E-state index in [1.54, 1.807) is 0 Å². The molecule has 0 bridgehead atoms. The summed E-state index contributed by atoms with van der Waals surface area (Å²) in [6.45, 7) is 8.32. The zero-order valence-corrected chi connectivity index (χ0v) is 21.8. The zero-order chi connectivity index (χ0) is 28.2. The van der Waals surface area contributed by atoms with Gasteiger partial charge >= 0.3 is 17.8 Å². The molecule has 0 radical (unpaired) electrons. The Labute approximate surface area is 219 Å². The SMILES string of the molecule is CC.CC(C)C1CCC(c2ccc(NC(=O)c3nnc(Nc4cc(F)c(F)cc4F)o3)cc2)CC1.O=CO. The van der Waals surface area contributed by atoms with Crippen molar-refractivity contribution in [2.45, 2.75) is 59.3 Å². The second-order valence-corrected chi connectivity index (χ2v) is 8.82. The Morgan fingerprint density at radius 1 is 1.00 bits per heavy atom. The number of carboxylic acid groups (broad SMARTS) is 1. The van der Waals surface area contributed by atoms with Crippen molar-refractivity contribution in [3.63, 3.8) is 0 Å². The van der Waals surface area contributed by atoms with Crippen LogP contribution in [0.2, 0.25) is 0 Å². The van der Waals surface area contributed by atoms with E-state index in [0.717, 1.165) is 11.8 Å². The smallest absolute Gasteiger partial charge is 0.320 e. The van der Waals surface area contributed by atoms with Crippen molar-refractivity contribution in [1.29, 1.82) is 0 Å². The van der Waals surface area contributed by atoms with E-state index < -0.39 is 29.0 Å². The summed E-state index contributed by atoms with van der Waals surface area (Å²) >= 11 is 0. The molecule has 11 heteroatoms. The molecule has 1 saturated carbocycles. The Morgan fingerprint density at radius 2 is 1.58 bits per heavy atom. The number of nitrogens with one attached hydrogen (secondary N) is 2. The predicted octanol–water partition coefficient (Wildman–Crippen LogP) is 7.14. The van der Waals surface area contributed by atoms with E-state index >= 15 is 0 Å². The molecule has 0 atom stereocenters. The Hall–Kier alpha value is -3.89. The minimum Gasteiger partial charge on any atom is -0.483 e. The van der Waals surface area contributed by atoms with Crippen LogP contribution in [0.3, 0.4) is 0 Å². The van der Waals surface area contributed by atoms with Gasteiger partial charge in [-0.15, -0.1) is 5.10 Å². The Balaban J connectivity index is 0.000000947. The molecule has 3 N–H and O–H groups in total. The van der Waals surface area contributed by atoms with Gasteiger partial charge in [0.05, 0.1) is 5.69 Å². The van der Waals surface area contributed by atoms with Crippen LogP contribution in [0.5, 0.6) is 0 Å². The highest BCUT2D eigenvalue weighted by molar-refractivity contribution is 6.00. The van der Waals surface area contributed by atoms with E-state index in [-0.39, 0.29) is 18.4 Å². The number of benzene rings is 2. The fourth-order valence-corrected chi connectivity index (χ4v) is 4.24. The monoisotopic (exact) mass is 534 g/mol. The topological polar surface area (TPSA) is 117 Å². The molecule has 1 heterocycles. The number of halogens is 3. The highest BCUT2D eigenvalue weighted by atomic mass is 19.2. The minimum atomic E-state index is -1.32. The maximum atomic E-state index is 13.8. The third kappa shape index (κ3) is 8.32. The largest absolute Gasteiger partial charge is 0.483 e. The van der Waals surface area contributed by atoms with Crippen molar-refractivity contribution in [3.05, 3.63) is 65.3 Å². The average molecular weight is 535 g/mol. The Kier molecular flexibility index (Phi) is 11.8. The number of nitrogens with zero attached hydrogens (tertiary/aromatic N) is 2.